The van der Waals surface area contributed by atoms with Gasteiger partial charge in [-0.2, -0.15) is 0 Å². The standard InChI is InChI=1S/C16H16Cl2O2S/c1-9-6-19-12-4-3-11(5-13(12)20-7-9)15(18)16-14(17)10(2)8-21-16/h3-5,8-9,15H,6-7H2,1-2H3. The zero-order valence-corrected chi connectivity index (χ0v) is 14.2. The Labute approximate surface area is 138 Å². The van der Waals surface area contributed by atoms with E-state index >= 15 is 0 Å². The summed E-state index contributed by atoms with van der Waals surface area (Å²) in [5.74, 6) is 1.91. The lowest BCUT2D eigenvalue weighted by atomic mass is 10.1. The predicted molar refractivity (Wildman–Crippen MR) is 88.4 cm³/mol. The zero-order chi connectivity index (χ0) is 15.0. The van der Waals surface area contributed by atoms with E-state index in [0.717, 1.165) is 32.5 Å². The van der Waals surface area contributed by atoms with Crippen molar-refractivity contribution in [2.45, 2.75) is 19.2 Å². The molecule has 2 atom stereocenters. The van der Waals surface area contributed by atoms with E-state index in [4.69, 9.17) is 32.7 Å². The van der Waals surface area contributed by atoms with Crippen LogP contribution in [-0.2, 0) is 0 Å². The molecule has 0 fully saturated rings. The summed E-state index contributed by atoms with van der Waals surface area (Å²) in [4.78, 5) is 0.971. The molecule has 0 saturated carbocycles. The van der Waals surface area contributed by atoms with Crippen molar-refractivity contribution in [3.63, 3.8) is 0 Å². The summed E-state index contributed by atoms with van der Waals surface area (Å²) in [6.07, 6.45) is 0. The van der Waals surface area contributed by atoms with Crippen LogP contribution in [0.4, 0.5) is 0 Å². The maximum atomic E-state index is 6.59. The Morgan fingerprint density at radius 3 is 2.62 bits per heavy atom. The van der Waals surface area contributed by atoms with Crippen molar-refractivity contribution >= 4 is 34.5 Å². The third kappa shape index (κ3) is 3.01. The average molecular weight is 343 g/mol. The molecule has 1 aliphatic heterocycles. The SMILES string of the molecule is Cc1csc(C(Cl)c2ccc3c(c2)OCC(C)CO3)c1Cl. The van der Waals surface area contributed by atoms with Gasteiger partial charge in [0.2, 0.25) is 0 Å². The molecule has 0 saturated heterocycles. The molecule has 2 heterocycles. The van der Waals surface area contributed by atoms with Crippen molar-refractivity contribution in [2.24, 2.45) is 5.92 Å². The summed E-state index contributed by atoms with van der Waals surface area (Å²) in [5.41, 5.74) is 2.03. The van der Waals surface area contributed by atoms with E-state index in [1.165, 1.54) is 0 Å². The van der Waals surface area contributed by atoms with E-state index in [0.29, 0.717) is 19.1 Å². The fourth-order valence-corrected chi connectivity index (χ4v) is 3.96. The Morgan fingerprint density at radius 2 is 1.95 bits per heavy atom. The molecule has 2 aromatic rings. The van der Waals surface area contributed by atoms with Gasteiger partial charge in [0.15, 0.2) is 11.5 Å². The lowest BCUT2D eigenvalue weighted by Crippen LogP contribution is -2.12. The summed E-state index contributed by atoms with van der Waals surface area (Å²) in [6.45, 7) is 5.42. The maximum Gasteiger partial charge on any atom is 0.161 e. The molecule has 0 spiro atoms. The number of ether oxygens (including phenoxy) is 2. The van der Waals surface area contributed by atoms with Gasteiger partial charge in [0.05, 0.1) is 23.6 Å². The van der Waals surface area contributed by atoms with Crippen molar-refractivity contribution in [3.8, 4) is 11.5 Å². The summed E-state index contributed by atoms with van der Waals surface area (Å²) >= 11 is 14.5. The number of hydrogen-bond acceptors (Lipinski definition) is 3. The van der Waals surface area contributed by atoms with Crippen molar-refractivity contribution in [1.29, 1.82) is 0 Å². The molecule has 1 aromatic carbocycles. The van der Waals surface area contributed by atoms with Gasteiger partial charge in [0.1, 0.15) is 0 Å². The Balaban J connectivity index is 1.92. The van der Waals surface area contributed by atoms with E-state index in [1.807, 2.05) is 30.5 Å². The molecular formula is C16H16Cl2O2S. The molecule has 1 aromatic heterocycles. The van der Waals surface area contributed by atoms with Crippen LogP contribution in [0.2, 0.25) is 5.02 Å². The molecule has 0 N–H and O–H groups in total. The van der Waals surface area contributed by atoms with Crippen LogP contribution in [0.5, 0.6) is 11.5 Å². The summed E-state index contributed by atoms with van der Waals surface area (Å²) in [5, 5.41) is 2.50. The van der Waals surface area contributed by atoms with Crippen LogP contribution in [-0.4, -0.2) is 13.2 Å². The summed E-state index contributed by atoms with van der Waals surface area (Å²) in [6, 6.07) is 5.85. The molecule has 5 heteroatoms. The number of fused-ring (bicyclic) bond motifs is 1. The first-order valence-electron chi connectivity index (χ1n) is 6.83. The highest BCUT2D eigenvalue weighted by Gasteiger charge is 2.21. The van der Waals surface area contributed by atoms with Gasteiger partial charge in [-0.3, -0.25) is 0 Å². The number of thiophene rings is 1. The first-order valence-corrected chi connectivity index (χ1v) is 8.52. The molecule has 0 amide bonds. The van der Waals surface area contributed by atoms with Gasteiger partial charge in [-0.15, -0.1) is 22.9 Å². The molecule has 2 nitrogen and oxygen atoms in total. The summed E-state index contributed by atoms with van der Waals surface area (Å²) in [7, 11) is 0. The molecule has 0 bridgehead atoms. The van der Waals surface area contributed by atoms with Crippen molar-refractivity contribution < 1.29 is 9.47 Å². The number of rotatable bonds is 2. The predicted octanol–water partition coefficient (Wildman–Crippen LogP) is 5.45. The van der Waals surface area contributed by atoms with Gasteiger partial charge < -0.3 is 9.47 Å². The highest BCUT2D eigenvalue weighted by molar-refractivity contribution is 7.11. The first kappa shape index (κ1) is 15.0. The molecule has 3 rings (SSSR count). The summed E-state index contributed by atoms with van der Waals surface area (Å²) < 4.78 is 11.5. The number of alkyl halides is 1. The van der Waals surface area contributed by atoms with E-state index in [9.17, 15) is 0 Å². The van der Waals surface area contributed by atoms with Crippen molar-refractivity contribution in [3.05, 3.63) is 44.6 Å². The minimum Gasteiger partial charge on any atom is -0.489 e. The smallest absolute Gasteiger partial charge is 0.161 e. The molecular weight excluding hydrogens is 327 g/mol. The Morgan fingerprint density at radius 1 is 1.24 bits per heavy atom. The van der Waals surface area contributed by atoms with E-state index < -0.39 is 0 Å². The van der Waals surface area contributed by atoms with Gasteiger partial charge in [-0.1, -0.05) is 24.6 Å². The van der Waals surface area contributed by atoms with Gasteiger partial charge in [-0.05, 0) is 35.6 Å². The normalized spacial score (nSPS) is 19.1. The molecule has 2 unspecified atom stereocenters. The quantitative estimate of drug-likeness (QED) is 0.676. The number of benzene rings is 1. The van der Waals surface area contributed by atoms with Crippen LogP contribution in [0.3, 0.4) is 0 Å². The topological polar surface area (TPSA) is 18.5 Å². The minimum atomic E-state index is -0.272. The Bertz CT molecular complexity index is 654. The molecule has 112 valence electrons. The zero-order valence-electron chi connectivity index (χ0n) is 11.9. The van der Waals surface area contributed by atoms with E-state index in [1.54, 1.807) is 11.3 Å². The van der Waals surface area contributed by atoms with Gasteiger partial charge in [0, 0.05) is 10.8 Å². The molecule has 0 radical (unpaired) electrons. The number of halogens is 2. The van der Waals surface area contributed by atoms with Crippen LogP contribution in [0.15, 0.2) is 23.6 Å². The first-order chi connectivity index (χ1) is 10.1. The third-order valence-electron chi connectivity index (χ3n) is 3.46. The number of aryl methyl sites for hydroxylation is 1. The fourth-order valence-electron chi connectivity index (χ4n) is 2.20. The van der Waals surface area contributed by atoms with Crippen molar-refractivity contribution in [2.75, 3.05) is 13.2 Å². The monoisotopic (exact) mass is 342 g/mol. The van der Waals surface area contributed by atoms with Gasteiger partial charge in [0.25, 0.3) is 0 Å². The Kier molecular flexibility index (Phi) is 4.34. The van der Waals surface area contributed by atoms with Crippen molar-refractivity contribution in [1.82, 2.24) is 0 Å². The highest BCUT2D eigenvalue weighted by Crippen LogP contribution is 2.42. The second kappa shape index (κ2) is 6.07. The second-order valence-electron chi connectivity index (χ2n) is 5.39. The lowest BCUT2D eigenvalue weighted by molar-refractivity contribution is 0.228. The van der Waals surface area contributed by atoms with Crippen LogP contribution in [0, 0.1) is 12.8 Å². The lowest BCUT2D eigenvalue weighted by Gasteiger charge is -2.13. The maximum absolute atomic E-state index is 6.59. The van der Waals surface area contributed by atoms with Gasteiger partial charge in [-0.25, -0.2) is 0 Å². The fraction of sp³-hybridized carbons (Fsp3) is 0.375. The van der Waals surface area contributed by atoms with Crippen LogP contribution >= 0.6 is 34.5 Å². The highest BCUT2D eigenvalue weighted by atomic mass is 35.5. The second-order valence-corrected chi connectivity index (χ2v) is 7.12. The van der Waals surface area contributed by atoms with Crippen LogP contribution in [0.1, 0.15) is 28.3 Å². The molecule has 21 heavy (non-hydrogen) atoms. The van der Waals surface area contributed by atoms with Crippen LogP contribution in [0.25, 0.3) is 0 Å². The molecule has 1 aliphatic rings. The number of hydrogen-bond donors (Lipinski definition) is 0. The largest absolute Gasteiger partial charge is 0.489 e. The van der Waals surface area contributed by atoms with Crippen LogP contribution < -0.4 is 9.47 Å². The average Bonchev–Trinajstić information content (AvgIpc) is 2.71. The van der Waals surface area contributed by atoms with E-state index in [2.05, 4.69) is 6.92 Å². The third-order valence-corrected chi connectivity index (χ3v) is 5.84. The Hall–Kier alpha value is -0.900. The van der Waals surface area contributed by atoms with Gasteiger partial charge >= 0.3 is 0 Å². The molecule has 0 aliphatic carbocycles. The minimum absolute atomic E-state index is 0.272. The van der Waals surface area contributed by atoms with E-state index in [-0.39, 0.29) is 5.38 Å².